The second-order valence-electron chi connectivity index (χ2n) is 4.11. The van der Waals surface area contributed by atoms with Crippen LogP contribution in [0.1, 0.15) is 34.1 Å². The predicted octanol–water partition coefficient (Wildman–Crippen LogP) is 3.85. The number of hydrogen-bond donors (Lipinski definition) is 0. The van der Waals surface area contributed by atoms with Gasteiger partial charge in [0, 0.05) is 13.0 Å². The van der Waals surface area contributed by atoms with E-state index < -0.39 is 0 Å². The van der Waals surface area contributed by atoms with E-state index in [9.17, 15) is 0 Å². The maximum Gasteiger partial charge on any atom is 0.119 e. The summed E-state index contributed by atoms with van der Waals surface area (Å²) in [5, 5.41) is 0. The molecule has 0 aliphatic carbocycles. The van der Waals surface area contributed by atoms with Gasteiger partial charge in [0.2, 0.25) is 0 Å². The van der Waals surface area contributed by atoms with Crippen LogP contribution in [-0.2, 0) is 9.47 Å². The summed E-state index contributed by atoms with van der Waals surface area (Å²) in [6.07, 6.45) is 8.40. The first kappa shape index (κ1) is 15.0. The topological polar surface area (TPSA) is 18.5 Å². The summed E-state index contributed by atoms with van der Waals surface area (Å²) >= 11 is 0. The maximum atomic E-state index is 5.85. The lowest BCUT2D eigenvalue weighted by molar-refractivity contribution is 0.00657. The van der Waals surface area contributed by atoms with Gasteiger partial charge in [0.25, 0.3) is 0 Å². The van der Waals surface area contributed by atoms with Gasteiger partial charge in [-0.05, 0) is 39.8 Å². The highest BCUT2D eigenvalue weighted by Crippen LogP contribution is 2.19. The Morgan fingerprint density at radius 2 is 2.06 bits per heavy atom. The molecule has 0 aliphatic heterocycles. The fourth-order valence-electron chi connectivity index (χ4n) is 1.17. The van der Waals surface area contributed by atoms with E-state index in [2.05, 4.69) is 20.4 Å². The Hall–Kier alpha value is -1.02. The van der Waals surface area contributed by atoms with Gasteiger partial charge in [-0.15, -0.1) is 0 Å². The third-order valence-corrected chi connectivity index (χ3v) is 2.10. The van der Waals surface area contributed by atoms with E-state index in [1.807, 2.05) is 32.1 Å². The molecule has 0 N–H and O–H groups in total. The Morgan fingerprint density at radius 1 is 1.38 bits per heavy atom. The molecule has 2 nitrogen and oxygen atoms in total. The van der Waals surface area contributed by atoms with Gasteiger partial charge in [-0.2, -0.15) is 0 Å². The van der Waals surface area contributed by atoms with Crippen LogP contribution in [-0.4, -0.2) is 18.8 Å². The predicted molar refractivity (Wildman–Crippen MR) is 69.4 cm³/mol. The van der Waals surface area contributed by atoms with Crippen LogP contribution in [0.3, 0.4) is 0 Å². The quantitative estimate of drug-likeness (QED) is 0.354. The molecule has 0 atom stereocenters. The first-order chi connectivity index (χ1) is 7.55. The summed E-state index contributed by atoms with van der Waals surface area (Å²) in [4.78, 5) is 0. The molecule has 0 bridgehead atoms. The zero-order chi connectivity index (χ0) is 12.4. The van der Waals surface area contributed by atoms with E-state index in [0.717, 1.165) is 25.4 Å². The van der Waals surface area contributed by atoms with Crippen molar-refractivity contribution >= 4 is 0 Å². The average molecular weight is 224 g/mol. The van der Waals surface area contributed by atoms with Crippen molar-refractivity contribution in [3.63, 3.8) is 0 Å². The van der Waals surface area contributed by atoms with Crippen molar-refractivity contribution in [3.05, 3.63) is 36.6 Å². The van der Waals surface area contributed by atoms with Gasteiger partial charge in [-0.1, -0.05) is 18.7 Å². The van der Waals surface area contributed by atoms with Gasteiger partial charge in [-0.3, -0.25) is 0 Å². The summed E-state index contributed by atoms with van der Waals surface area (Å²) in [6.45, 7) is 13.3. The summed E-state index contributed by atoms with van der Waals surface area (Å²) in [5.41, 5.74) is -0.225. The lowest BCUT2D eigenvalue weighted by Gasteiger charge is -2.26. The zero-order valence-corrected chi connectivity index (χ0v) is 11.0. The third kappa shape index (κ3) is 7.30. The zero-order valence-electron chi connectivity index (χ0n) is 11.0. The number of rotatable bonds is 8. The fraction of sp³-hybridized carbons (Fsp3) is 0.571. The monoisotopic (exact) mass is 224 g/mol. The van der Waals surface area contributed by atoms with Crippen LogP contribution in [0.5, 0.6) is 0 Å². The number of hydrogen-bond acceptors (Lipinski definition) is 2. The molecule has 0 aromatic carbocycles. The lowest BCUT2D eigenvalue weighted by Crippen LogP contribution is -2.25. The van der Waals surface area contributed by atoms with Crippen molar-refractivity contribution in [2.24, 2.45) is 0 Å². The van der Waals surface area contributed by atoms with Gasteiger partial charge in [-0.25, -0.2) is 0 Å². The molecule has 0 aliphatic rings. The largest absolute Gasteiger partial charge is 0.488 e. The van der Waals surface area contributed by atoms with Gasteiger partial charge in [0.05, 0.1) is 6.61 Å². The van der Waals surface area contributed by atoms with E-state index in [1.165, 1.54) is 0 Å². The van der Waals surface area contributed by atoms with E-state index in [1.54, 1.807) is 6.08 Å². The third-order valence-electron chi connectivity index (χ3n) is 2.10. The minimum Gasteiger partial charge on any atom is -0.488 e. The molecular formula is C14H24O2. The molecule has 0 aromatic rings. The van der Waals surface area contributed by atoms with Crippen LogP contribution in [0.2, 0.25) is 0 Å². The second-order valence-corrected chi connectivity index (χ2v) is 4.11. The van der Waals surface area contributed by atoms with E-state index in [0.29, 0.717) is 0 Å². The molecule has 0 unspecified atom stereocenters. The van der Waals surface area contributed by atoms with Gasteiger partial charge in [0.15, 0.2) is 0 Å². The molecular weight excluding hydrogens is 200 g/mol. The lowest BCUT2D eigenvalue weighted by atomic mass is 10.1. The molecule has 0 heterocycles. The number of allylic oxidation sites excluding steroid dienone is 4. The maximum absolute atomic E-state index is 5.85. The van der Waals surface area contributed by atoms with E-state index in [-0.39, 0.29) is 5.60 Å². The molecule has 16 heavy (non-hydrogen) atoms. The molecule has 0 saturated heterocycles. The van der Waals surface area contributed by atoms with Crippen molar-refractivity contribution in [1.82, 2.24) is 0 Å². The molecule has 0 saturated carbocycles. The highest BCUT2D eigenvalue weighted by molar-refractivity contribution is 5.16. The molecule has 0 fully saturated rings. The van der Waals surface area contributed by atoms with Crippen molar-refractivity contribution in [2.45, 2.75) is 39.7 Å². The highest BCUT2D eigenvalue weighted by Gasteiger charge is 2.19. The Morgan fingerprint density at radius 3 is 2.56 bits per heavy atom. The Bertz CT molecular complexity index is 249. The first-order valence-electron chi connectivity index (χ1n) is 5.78. The van der Waals surface area contributed by atoms with Crippen LogP contribution in [0.25, 0.3) is 0 Å². The number of ether oxygens (including phenoxy) is 2. The second kappa shape index (κ2) is 8.17. The summed E-state index contributed by atoms with van der Waals surface area (Å²) in [5.74, 6) is 0.791. The van der Waals surface area contributed by atoms with Gasteiger partial charge >= 0.3 is 0 Å². The van der Waals surface area contributed by atoms with Crippen molar-refractivity contribution in [2.75, 3.05) is 13.2 Å². The average Bonchev–Trinajstić information content (AvgIpc) is 2.24. The first-order valence-corrected chi connectivity index (χ1v) is 5.78. The summed E-state index contributed by atoms with van der Waals surface area (Å²) < 4.78 is 11.2. The molecule has 0 aromatic heterocycles. The minimum atomic E-state index is -0.225. The standard InChI is InChI=1S/C14H24O2/c1-6-9-10-13(7-2)16-14(4,5)11-12-15-8-3/h6-7,9-10H,2,8,11-12H2,1,3-5H3/b9-6-,13-10+. The fourth-order valence-corrected chi connectivity index (χ4v) is 1.17. The van der Waals surface area contributed by atoms with Crippen molar-refractivity contribution < 1.29 is 9.47 Å². The molecule has 0 spiro atoms. The van der Waals surface area contributed by atoms with Gasteiger partial charge < -0.3 is 9.47 Å². The van der Waals surface area contributed by atoms with Crippen LogP contribution >= 0.6 is 0 Å². The molecule has 0 radical (unpaired) electrons. The van der Waals surface area contributed by atoms with Crippen LogP contribution < -0.4 is 0 Å². The normalized spacial score (nSPS) is 13.1. The smallest absolute Gasteiger partial charge is 0.119 e. The van der Waals surface area contributed by atoms with Crippen LogP contribution in [0, 0.1) is 0 Å². The molecule has 0 amide bonds. The van der Waals surface area contributed by atoms with E-state index >= 15 is 0 Å². The Balaban J connectivity index is 4.25. The molecule has 2 heteroatoms. The highest BCUT2D eigenvalue weighted by atomic mass is 16.5. The molecule has 92 valence electrons. The van der Waals surface area contributed by atoms with Crippen LogP contribution in [0.15, 0.2) is 36.6 Å². The van der Waals surface area contributed by atoms with Crippen LogP contribution in [0.4, 0.5) is 0 Å². The minimum absolute atomic E-state index is 0.225. The summed E-state index contributed by atoms with van der Waals surface area (Å²) in [7, 11) is 0. The van der Waals surface area contributed by atoms with Crippen molar-refractivity contribution in [1.29, 1.82) is 0 Å². The SMILES string of the molecule is C=C/C(=C\C=C/C)OC(C)(C)CCOCC. The Labute approximate surface area is 99.6 Å². The van der Waals surface area contributed by atoms with Gasteiger partial charge in [0.1, 0.15) is 11.4 Å². The molecule has 0 rings (SSSR count). The van der Waals surface area contributed by atoms with Crippen molar-refractivity contribution in [3.8, 4) is 0 Å². The Kier molecular flexibility index (Phi) is 7.65. The van der Waals surface area contributed by atoms with E-state index in [4.69, 9.17) is 9.47 Å². The summed E-state index contributed by atoms with van der Waals surface area (Å²) in [6, 6.07) is 0.